The molecule has 1 saturated carbocycles. The molecule has 6 nitrogen and oxygen atoms in total. The lowest BCUT2D eigenvalue weighted by molar-refractivity contribution is -0.136. The summed E-state index contributed by atoms with van der Waals surface area (Å²) in [6.45, 7) is 2.91. The summed E-state index contributed by atoms with van der Waals surface area (Å²) >= 11 is 1.67. The van der Waals surface area contributed by atoms with Crippen molar-refractivity contribution >= 4 is 29.7 Å². The standard InChI is InChI=1S/C28H34N2O4S/c1-19-8-7-11-21(14-19)18-30-23-16-22(27(31)29-17-26(33-2)34-3)12-13-24(23)35-25(28(30)32)15-20-9-5-4-6-10-20/h4-11,14-15,22-24,26H,12-13,16-18H2,1-3H3,(H,29,31)/b25-15+. The maximum absolute atomic E-state index is 13.7. The van der Waals surface area contributed by atoms with E-state index >= 15 is 0 Å². The van der Waals surface area contributed by atoms with Crippen molar-refractivity contribution in [3.05, 3.63) is 76.2 Å². The number of hydrogen-bond acceptors (Lipinski definition) is 5. The molecule has 0 bridgehead atoms. The normalized spacial score (nSPS) is 23.4. The third-order valence-corrected chi connectivity index (χ3v) is 8.18. The van der Waals surface area contributed by atoms with Crippen LogP contribution in [0.1, 0.15) is 36.0 Å². The van der Waals surface area contributed by atoms with E-state index in [4.69, 9.17) is 9.47 Å². The van der Waals surface area contributed by atoms with E-state index in [1.54, 1.807) is 26.0 Å². The van der Waals surface area contributed by atoms with Crippen molar-refractivity contribution in [2.75, 3.05) is 20.8 Å². The number of nitrogens with zero attached hydrogens (tertiary/aromatic N) is 1. The van der Waals surface area contributed by atoms with Gasteiger partial charge in [0.2, 0.25) is 5.91 Å². The van der Waals surface area contributed by atoms with Gasteiger partial charge in [-0.2, -0.15) is 0 Å². The average Bonchev–Trinajstić information content (AvgIpc) is 2.87. The molecule has 2 aliphatic rings. The van der Waals surface area contributed by atoms with Gasteiger partial charge in [-0.15, -0.1) is 11.8 Å². The Labute approximate surface area is 212 Å². The molecule has 0 aromatic heterocycles. The summed E-state index contributed by atoms with van der Waals surface area (Å²) in [6, 6.07) is 18.3. The largest absolute Gasteiger partial charge is 0.354 e. The number of rotatable bonds is 8. The van der Waals surface area contributed by atoms with Crippen LogP contribution in [-0.4, -0.2) is 55.1 Å². The third kappa shape index (κ3) is 6.34. The fourth-order valence-corrected chi connectivity index (χ4v) is 6.33. The molecule has 3 unspecified atom stereocenters. The quantitative estimate of drug-likeness (QED) is 0.436. The number of nitrogens with one attached hydrogen (secondary N) is 1. The fraction of sp³-hybridized carbons (Fsp3) is 0.429. The lowest BCUT2D eigenvalue weighted by atomic mass is 9.83. The van der Waals surface area contributed by atoms with E-state index in [9.17, 15) is 9.59 Å². The van der Waals surface area contributed by atoms with Crippen molar-refractivity contribution in [3.63, 3.8) is 0 Å². The van der Waals surface area contributed by atoms with E-state index in [-0.39, 0.29) is 29.0 Å². The van der Waals surface area contributed by atoms with Crippen molar-refractivity contribution in [1.29, 1.82) is 0 Å². The van der Waals surface area contributed by atoms with E-state index in [1.165, 1.54) is 5.56 Å². The molecule has 1 aliphatic carbocycles. The molecule has 35 heavy (non-hydrogen) atoms. The molecule has 2 aromatic rings. The van der Waals surface area contributed by atoms with Gasteiger partial charge in [-0.1, -0.05) is 60.2 Å². The smallest absolute Gasteiger partial charge is 0.260 e. The molecule has 1 heterocycles. The Hall–Kier alpha value is -2.61. The molecule has 0 radical (unpaired) electrons. The van der Waals surface area contributed by atoms with Crippen LogP contribution in [0.3, 0.4) is 0 Å². The summed E-state index contributed by atoms with van der Waals surface area (Å²) in [5, 5.41) is 3.23. The first-order chi connectivity index (χ1) is 17.0. The fourth-order valence-electron chi connectivity index (χ4n) is 4.91. The molecule has 4 rings (SSSR count). The van der Waals surface area contributed by atoms with E-state index in [0.29, 0.717) is 19.5 Å². The van der Waals surface area contributed by atoms with Crippen LogP contribution in [0.4, 0.5) is 0 Å². The van der Waals surface area contributed by atoms with E-state index < -0.39 is 6.29 Å². The summed E-state index contributed by atoms with van der Waals surface area (Å²) in [5.74, 6) is -0.0960. The summed E-state index contributed by atoms with van der Waals surface area (Å²) in [5.41, 5.74) is 3.30. The van der Waals surface area contributed by atoms with Gasteiger partial charge < -0.3 is 19.7 Å². The van der Waals surface area contributed by atoms with Crippen molar-refractivity contribution in [3.8, 4) is 0 Å². The molecule has 2 aromatic carbocycles. The van der Waals surface area contributed by atoms with Gasteiger partial charge in [-0.25, -0.2) is 0 Å². The van der Waals surface area contributed by atoms with Crippen LogP contribution in [-0.2, 0) is 25.6 Å². The Balaban J connectivity index is 1.55. The second kappa shape index (κ2) is 11.9. The first-order valence-electron chi connectivity index (χ1n) is 12.1. The number of ether oxygens (including phenoxy) is 2. The number of fused-ring (bicyclic) bond motifs is 1. The average molecular weight is 495 g/mol. The number of amides is 2. The van der Waals surface area contributed by atoms with Gasteiger partial charge in [0, 0.05) is 38.0 Å². The second-order valence-electron chi connectivity index (χ2n) is 9.22. The van der Waals surface area contributed by atoms with Crippen LogP contribution in [0.25, 0.3) is 6.08 Å². The molecule has 1 aliphatic heterocycles. The number of benzene rings is 2. The molecule has 3 atom stereocenters. The number of aryl methyl sites for hydroxylation is 1. The number of hydrogen-bond donors (Lipinski definition) is 1. The molecule has 2 fully saturated rings. The number of methoxy groups -OCH3 is 2. The summed E-state index contributed by atoms with van der Waals surface area (Å²) in [4.78, 5) is 29.5. The molecular weight excluding hydrogens is 460 g/mol. The Kier molecular flexibility index (Phi) is 8.65. The summed E-state index contributed by atoms with van der Waals surface area (Å²) in [6.07, 6.45) is 3.88. The van der Waals surface area contributed by atoms with Crippen molar-refractivity contribution < 1.29 is 19.1 Å². The lowest BCUT2D eigenvalue weighted by Crippen LogP contribution is -2.54. The zero-order valence-electron chi connectivity index (χ0n) is 20.6. The zero-order chi connectivity index (χ0) is 24.8. The van der Waals surface area contributed by atoms with Gasteiger partial charge >= 0.3 is 0 Å². The predicted octanol–water partition coefficient (Wildman–Crippen LogP) is 4.38. The van der Waals surface area contributed by atoms with E-state index in [2.05, 4.69) is 30.4 Å². The van der Waals surface area contributed by atoms with Crippen molar-refractivity contribution in [1.82, 2.24) is 10.2 Å². The van der Waals surface area contributed by atoms with Gasteiger partial charge in [0.15, 0.2) is 6.29 Å². The Morgan fingerprint density at radius 3 is 2.63 bits per heavy atom. The number of thioether (sulfide) groups is 1. The maximum Gasteiger partial charge on any atom is 0.260 e. The zero-order valence-corrected chi connectivity index (χ0v) is 21.4. The minimum absolute atomic E-state index is 0.00105. The van der Waals surface area contributed by atoms with Gasteiger partial charge in [0.05, 0.1) is 11.4 Å². The van der Waals surface area contributed by atoms with Gasteiger partial charge in [0.1, 0.15) is 0 Å². The summed E-state index contributed by atoms with van der Waals surface area (Å²) in [7, 11) is 3.11. The highest BCUT2D eigenvalue weighted by Crippen LogP contribution is 2.44. The molecule has 1 saturated heterocycles. The van der Waals surface area contributed by atoms with Crippen molar-refractivity contribution in [2.24, 2.45) is 5.92 Å². The van der Waals surface area contributed by atoms with E-state index in [0.717, 1.165) is 28.9 Å². The van der Waals surface area contributed by atoms with Crippen LogP contribution < -0.4 is 5.32 Å². The topological polar surface area (TPSA) is 67.9 Å². The first-order valence-corrected chi connectivity index (χ1v) is 13.0. The highest BCUT2D eigenvalue weighted by Gasteiger charge is 2.44. The highest BCUT2D eigenvalue weighted by atomic mass is 32.2. The van der Waals surface area contributed by atoms with Gasteiger partial charge in [-0.05, 0) is 43.4 Å². The van der Waals surface area contributed by atoms with Crippen molar-refractivity contribution in [2.45, 2.75) is 50.3 Å². The number of carbonyl (C=O) groups excluding carboxylic acids is 2. The molecule has 1 N–H and O–H groups in total. The van der Waals surface area contributed by atoms with E-state index in [1.807, 2.05) is 47.4 Å². The SMILES string of the molecule is COC(CNC(=O)C1CCC2S/C(=C/c3ccccc3)C(=O)N(Cc3cccc(C)c3)C2C1)OC. The van der Waals surface area contributed by atoms with Gasteiger partial charge in [-0.3, -0.25) is 9.59 Å². The Morgan fingerprint density at radius 2 is 1.91 bits per heavy atom. The van der Waals surface area contributed by atoms with Crippen LogP contribution in [0.15, 0.2) is 59.5 Å². The highest BCUT2D eigenvalue weighted by molar-refractivity contribution is 8.04. The maximum atomic E-state index is 13.7. The van der Waals surface area contributed by atoms with Crippen LogP contribution in [0, 0.1) is 12.8 Å². The number of carbonyl (C=O) groups is 2. The third-order valence-electron chi connectivity index (χ3n) is 6.78. The summed E-state index contributed by atoms with van der Waals surface area (Å²) < 4.78 is 10.4. The van der Waals surface area contributed by atoms with Gasteiger partial charge in [0.25, 0.3) is 5.91 Å². The molecule has 0 spiro atoms. The lowest BCUT2D eigenvalue weighted by Gasteiger charge is -2.46. The predicted molar refractivity (Wildman–Crippen MR) is 139 cm³/mol. The Bertz CT molecular complexity index is 1050. The molecule has 2 amide bonds. The Morgan fingerprint density at radius 1 is 1.14 bits per heavy atom. The van der Waals surface area contributed by atoms with Crippen LogP contribution in [0.5, 0.6) is 0 Å². The van der Waals surface area contributed by atoms with Crippen LogP contribution in [0.2, 0.25) is 0 Å². The van der Waals surface area contributed by atoms with Crippen LogP contribution >= 0.6 is 11.8 Å². The molecular formula is C28H34N2O4S. The monoisotopic (exact) mass is 494 g/mol. The first kappa shape index (κ1) is 25.5. The minimum atomic E-state index is -0.467. The molecule has 7 heteroatoms. The second-order valence-corrected chi connectivity index (χ2v) is 10.5. The minimum Gasteiger partial charge on any atom is -0.354 e. The molecule has 186 valence electrons.